The molecule has 1 N–H and O–H groups in total. The van der Waals surface area contributed by atoms with Crippen molar-refractivity contribution in [3.63, 3.8) is 0 Å². The number of hydrogen-bond acceptors (Lipinski definition) is 2. The van der Waals surface area contributed by atoms with Gasteiger partial charge in [-0.3, -0.25) is 9.67 Å². The molecule has 6 heteroatoms. The lowest BCUT2D eigenvalue weighted by Crippen LogP contribution is -2.46. The molecule has 1 aliphatic rings. The standard InChI is InChI=1S/C13H23N5.HI/c1-12-5-3-8-17(11-12)13(14-2)15-7-10-18-9-4-6-16-18;/h4,6,9,12H,3,5,7-8,10-11H2,1-2H3,(H,14,15);1H. The van der Waals surface area contributed by atoms with E-state index in [9.17, 15) is 0 Å². The van der Waals surface area contributed by atoms with Crippen molar-refractivity contribution in [1.82, 2.24) is 20.0 Å². The van der Waals surface area contributed by atoms with E-state index in [1.165, 1.54) is 12.8 Å². The zero-order chi connectivity index (χ0) is 12.8. The summed E-state index contributed by atoms with van der Waals surface area (Å²) in [5.41, 5.74) is 0. The fraction of sp³-hybridized carbons (Fsp3) is 0.692. The van der Waals surface area contributed by atoms with E-state index >= 15 is 0 Å². The summed E-state index contributed by atoms with van der Waals surface area (Å²) in [5, 5.41) is 7.60. The van der Waals surface area contributed by atoms with Crippen molar-refractivity contribution in [2.75, 3.05) is 26.7 Å². The molecule has 1 fully saturated rings. The van der Waals surface area contributed by atoms with E-state index in [4.69, 9.17) is 0 Å². The number of piperidine rings is 1. The van der Waals surface area contributed by atoms with Gasteiger partial charge in [-0.1, -0.05) is 6.92 Å². The van der Waals surface area contributed by atoms with E-state index in [1.54, 1.807) is 6.20 Å². The summed E-state index contributed by atoms with van der Waals surface area (Å²) in [6.07, 6.45) is 6.39. The number of guanidine groups is 1. The Bertz CT molecular complexity index is 376. The van der Waals surface area contributed by atoms with E-state index < -0.39 is 0 Å². The zero-order valence-electron chi connectivity index (χ0n) is 11.7. The number of halogens is 1. The lowest BCUT2D eigenvalue weighted by atomic mass is 10.0. The molecular formula is C13H24IN5. The van der Waals surface area contributed by atoms with E-state index in [0.29, 0.717) is 0 Å². The Balaban J connectivity index is 0.00000180. The van der Waals surface area contributed by atoms with Crippen LogP contribution in [0, 0.1) is 5.92 Å². The average Bonchev–Trinajstić information content (AvgIpc) is 2.88. The van der Waals surface area contributed by atoms with Crippen LogP contribution >= 0.6 is 24.0 Å². The first-order valence-electron chi connectivity index (χ1n) is 6.72. The number of likely N-dealkylation sites (tertiary alicyclic amines) is 1. The Morgan fingerprint density at radius 2 is 2.37 bits per heavy atom. The maximum atomic E-state index is 4.37. The number of aromatic nitrogens is 2. The van der Waals surface area contributed by atoms with Crippen LogP contribution in [0.2, 0.25) is 0 Å². The minimum atomic E-state index is 0. The minimum absolute atomic E-state index is 0. The van der Waals surface area contributed by atoms with E-state index in [0.717, 1.165) is 38.1 Å². The van der Waals surface area contributed by atoms with Gasteiger partial charge in [0.05, 0.1) is 6.54 Å². The molecule has 2 rings (SSSR count). The van der Waals surface area contributed by atoms with Crippen LogP contribution in [-0.2, 0) is 6.54 Å². The van der Waals surface area contributed by atoms with Gasteiger partial charge in [-0.2, -0.15) is 5.10 Å². The quantitative estimate of drug-likeness (QED) is 0.497. The molecule has 0 saturated carbocycles. The molecule has 2 heterocycles. The molecule has 108 valence electrons. The van der Waals surface area contributed by atoms with Crippen molar-refractivity contribution in [3.8, 4) is 0 Å². The van der Waals surface area contributed by atoms with Gasteiger partial charge in [0.15, 0.2) is 5.96 Å². The van der Waals surface area contributed by atoms with Crippen LogP contribution < -0.4 is 5.32 Å². The second-order valence-electron chi connectivity index (χ2n) is 4.94. The molecule has 0 spiro atoms. The van der Waals surface area contributed by atoms with Crippen LogP contribution in [0.25, 0.3) is 0 Å². The van der Waals surface area contributed by atoms with Crippen LogP contribution in [0.3, 0.4) is 0 Å². The molecule has 1 aromatic rings. The molecule has 1 aromatic heterocycles. The molecule has 0 aromatic carbocycles. The largest absolute Gasteiger partial charge is 0.354 e. The molecule has 1 saturated heterocycles. The van der Waals surface area contributed by atoms with Crippen molar-refractivity contribution in [2.45, 2.75) is 26.3 Å². The van der Waals surface area contributed by atoms with Crippen molar-refractivity contribution in [3.05, 3.63) is 18.5 Å². The highest BCUT2D eigenvalue weighted by Crippen LogP contribution is 2.15. The van der Waals surface area contributed by atoms with E-state index in [1.807, 2.05) is 24.0 Å². The minimum Gasteiger partial charge on any atom is -0.354 e. The predicted octanol–water partition coefficient (Wildman–Crippen LogP) is 1.81. The Kier molecular flexibility index (Phi) is 7.19. The van der Waals surface area contributed by atoms with Gasteiger partial charge in [-0.15, -0.1) is 24.0 Å². The zero-order valence-corrected chi connectivity index (χ0v) is 14.1. The first-order chi connectivity index (χ1) is 8.79. The second-order valence-corrected chi connectivity index (χ2v) is 4.94. The summed E-state index contributed by atoms with van der Waals surface area (Å²) >= 11 is 0. The Labute approximate surface area is 132 Å². The highest BCUT2D eigenvalue weighted by Gasteiger charge is 2.18. The highest BCUT2D eigenvalue weighted by atomic mass is 127. The predicted molar refractivity (Wildman–Crippen MR) is 89.0 cm³/mol. The summed E-state index contributed by atoms with van der Waals surface area (Å²) in [5.74, 6) is 1.79. The summed E-state index contributed by atoms with van der Waals surface area (Å²) in [7, 11) is 1.86. The topological polar surface area (TPSA) is 45.5 Å². The monoisotopic (exact) mass is 377 g/mol. The third-order valence-electron chi connectivity index (χ3n) is 3.35. The molecule has 0 aliphatic carbocycles. The maximum absolute atomic E-state index is 4.37. The number of aliphatic imine (C=N–C) groups is 1. The Morgan fingerprint density at radius 1 is 1.53 bits per heavy atom. The van der Waals surface area contributed by atoms with Crippen LogP contribution in [0.5, 0.6) is 0 Å². The van der Waals surface area contributed by atoms with Gasteiger partial charge in [-0.25, -0.2) is 0 Å². The molecule has 0 radical (unpaired) electrons. The number of nitrogens with one attached hydrogen (secondary N) is 1. The molecule has 0 amide bonds. The summed E-state index contributed by atoms with van der Waals surface area (Å²) < 4.78 is 1.93. The highest BCUT2D eigenvalue weighted by molar-refractivity contribution is 14.0. The lowest BCUT2D eigenvalue weighted by Gasteiger charge is -2.33. The van der Waals surface area contributed by atoms with Gasteiger partial charge >= 0.3 is 0 Å². The van der Waals surface area contributed by atoms with Crippen LogP contribution in [0.4, 0.5) is 0 Å². The van der Waals surface area contributed by atoms with Gasteiger partial charge in [0.25, 0.3) is 0 Å². The summed E-state index contributed by atoms with van der Waals surface area (Å²) in [6, 6.07) is 1.95. The third kappa shape index (κ3) is 5.00. The van der Waals surface area contributed by atoms with E-state index in [2.05, 4.69) is 27.2 Å². The SMILES string of the molecule is CN=C(NCCn1cccn1)N1CCCC(C)C1.I. The Hall–Kier alpha value is -0.790. The summed E-state index contributed by atoms with van der Waals surface area (Å²) in [4.78, 5) is 6.73. The molecular weight excluding hydrogens is 353 g/mol. The van der Waals surface area contributed by atoms with Gasteiger partial charge in [-0.05, 0) is 24.8 Å². The van der Waals surface area contributed by atoms with Crippen molar-refractivity contribution >= 4 is 29.9 Å². The normalized spacial score (nSPS) is 20.0. The molecule has 1 aliphatic heterocycles. The first kappa shape index (κ1) is 16.3. The maximum Gasteiger partial charge on any atom is 0.193 e. The van der Waals surface area contributed by atoms with Crippen LogP contribution in [-0.4, -0.2) is 47.3 Å². The van der Waals surface area contributed by atoms with Crippen LogP contribution in [0.15, 0.2) is 23.5 Å². The molecule has 0 bridgehead atoms. The van der Waals surface area contributed by atoms with Crippen molar-refractivity contribution < 1.29 is 0 Å². The van der Waals surface area contributed by atoms with E-state index in [-0.39, 0.29) is 24.0 Å². The van der Waals surface area contributed by atoms with Gasteiger partial charge in [0, 0.05) is 39.1 Å². The van der Waals surface area contributed by atoms with Crippen molar-refractivity contribution in [2.24, 2.45) is 10.9 Å². The molecule has 5 nitrogen and oxygen atoms in total. The van der Waals surface area contributed by atoms with Crippen molar-refractivity contribution in [1.29, 1.82) is 0 Å². The van der Waals surface area contributed by atoms with Crippen LogP contribution in [0.1, 0.15) is 19.8 Å². The summed E-state index contributed by atoms with van der Waals surface area (Å²) in [6.45, 7) is 6.27. The fourth-order valence-corrected chi connectivity index (χ4v) is 2.43. The van der Waals surface area contributed by atoms with Gasteiger partial charge < -0.3 is 10.2 Å². The third-order valence-corrected chi connectivity index (χ3v) is 3.35. The lowest BCUT2D eigenvalue weighted by molar-refractivity contribution is 0.265. The number of rotatable bonds is 3. The molecule has 19 heavy (non-hydrogen) atoms. The fourth-order valence-electron chi connectivity index (χ4n) is 2.43. The van der Waals surface area contributed by atoms with Gasteiger partial charge in [0.2, 0.25) is 0 Å². The smallest absolute Gasteiger partial charge is 0.193 e. The van der Waals surface area contributed by atoms with Gasteiger partial charge in [0.1, 0.15) is 0 Å². The first-order valence-corrected chi connectivity index (χ1v) is 6.72. The molecule has 1 unspecified atom stereocenters. The average molecular weight is 377 g/mol. The molecule has 1 atom stereocenters. The number of nitrogens with zero attached hydrogens (tertiary/aromatic N) is 4. The second kappa shape index (κ2) is 8.39. The Morgan fingerprint density at radius 3 is 3.00 bits per heavy atom. The number of hydrogen-bond donors (Lipinski definition) is 1.